The van der Waals surface area contributed by atoms with E-state index in [9.17, 15) is 17.6 Å². The number of rotatable bonds is 5. The van der Waals surface area contributed by atoms with E-state index in [-0.39, 0.29) is 13.1 Å². The first kappa shape index (κ1) is 18.5. The van der Waals surface area contributed by atoms with Gasteiger partial charge < -0.3 is 10.6 Å². The first-order valence-corrected chi connectivity index (χ1v) is 9.73. The van der Waals surface area contributed by atoms with Gasteiger partial charge in [-0.05, 0) is 17.7 Å². The molecule has 1 heterocycles. The van der Waals surface area contributed by atoms with Gasteiger partial charge in [-0.1, -0.05) is 42.5 Å². The fraction of sp³-hybridized carbons (Fsp3) is 0.278. The fourth-order valence-electron chi connectivity index (χ4n) is 2.88. The second-order valence-corrected chi connectivity index (χ2v) is 7.83. The van der Waals surface area contributed by atoms with E-state index in [1.165, 1.54) is 18.2 Å². The molecular weight excluding hydrogens is 357 g/mol. The summed E-state index contributed by atoms with van der Waals surface area (Å²) in [5.74, 6) is -1.24. The van der Waals surface area contributed by atoms with E-state index in [0.717, 1.165) is 15.9 Å². The third-order valence-corrected chi connectivity index (χ3v) is 6.17. The normalized spacial score (nSPS) is 18.4. The molecule has 1 saturated heterocycles. The van der Waals surface area contributed by atoms with Gasteiger partial charge >= 0.3 is 0 Å². The summed E-state index contributed by atoms with van der Waals surface area (Å²) >= 11 is 0. The summed E-state index contributed by atoms with van der Waals surface area (Å²) in [5, 5.41) is 5.78. The summed E-state index contributed by atoms with van der Waals surface area (Å²) in [6.45, 7) is 0.967. The maximum absolute atomic E-state index is 14.0. The van der Waals surface area contributed by atoms with E-state index < -0.39 is 32.7 Å². The Labute approximate surface area is 152 Å². The molecule has 0 aliphatic carbocycles. The average Bonchev–Trinajstić information content (AvgIpc) is 2.67. The number of amides is 1. The quantitative estimate of drug-likeness (QED) is 0.818. The van der Waals surface area contributed by atoms with Crippen LogP contribution in [0, 0.1) is 5.82 Å². The van der Waals surface area contributed by atoms with E-state index in [1.54, 1.807) is 0 Å². The van der Waals surface area contributed by atoms with Crippen LogP contribution in [0.5, 0.6) is 0 Å². The molecule has 0 spiro atoms. The Kier molecular flexibility index (Phi) is 5.65. The van der Waals surface area contributed by atoms with Crippen LogP contribution in [0.3, 0.4) is 0 Å². The molecule has 0 saturated carbocycles. The minimum Gasteiger partial charge on any atom is -0.351 e. The van der Waals surface area contributed by atoms with Crippen molar-refractivity contribution in [3.63, 3.8) is 0 Å². The molecule has 2 aromatic carbocycles. The number of benzene rings is 2. The summed E-state index contributed by atoms with van der Waals surface area (Å²) in [4.78, 5) is 12.2. The predicted molar refractivity (Wildman–Crippen MR) is 95.2 cm³/mol. The standard InChI is InChI=1S/C18H20FN3O3S/c19-15-8-4-5-9-17(15)26(24,25)22-11-10-20-13-16(22)18(23)21-12-14-6-2-1-3-7-14/h1-9,16,20H,10-13H2,(H,21,23). The molecule has 2 aromatic rings. The highest BCUT2D eigenvalue weighted by atomic mass is 32.2. The fourth-order valence-corrected chi connectivity index (χ4v) is 4.53. The molecule has 1 amide bonds. The third kappa shape index (κ3) is 3.92. The number of hydrogen-bond donors (Lipinski definition) is 2. The number of sulfonamides is 1. The van der Waals surface area contributed by atoms with E-state index in [2.05, 4.69) is 10.6 Å². The molecular formula is C18H20FN3O3S. The van der Waals surface area contributed by atoms with Crippen LogP contribution in [0.1, 0.15) is 5.56 Å². The molecule has 1 unspecified atom stereocenters. The summed E-state index contributed by atoms with van der Waals surface area (Å²) < 4.78 is 40.8. The zero-order valence-corrected chi connectivity index (χ0v) is 14.9. The van der Waals surface area contributed by atoms with Gasteiger partial charge in [-0.15, -0.1) is 0 Å². The van der Waals surface area contributed by atoms with Crippen molar-refractivity contribution in [3.05, 3.63) is 66.0 Å². The Bertz CT molecular complexity index is 874. The Balaban J connectivity index is 1.79. The predicted octanol–water partition coefficient (Wildman–Crippen LogP) is 1.10. The third-order valence-electron chi connectivity index (χ3n) is 4.23. The highest BCUT2D eigenvalue weighted by Crippen LogP contribution is 2.22. The van der Waals surface area contributed by atoms with E-state index >= 15 is 0 Å². The minimum absolute atomic E-state index is 0.0973. The van der Waals surface area contributed by atoms with Crippen molar-refractivity contribution in [1.29, 1.82) is 0 Å². The number of carbonyl (C=O) groups is 1. The molecule has 1 aliphatic rings. The number of nitrogens with one attached hydrogen (secondary N) is 2. The molecule has 1 fully saturated rings. The lowest BCUT2D eigenvalue weighted by Crippen LogP contribution is -2.59. The lowest BCUT2D eigenvalue weighted by molar-refractivity contribution is -0.125. The van der Waals surface area contributed by atoms with Gasteiger partial charge in [-0.3, -0.25) is 4.79 Å². The first-order valence-electron chi connectivity index (χ1n) is 8.29. The van der Waals surface area contributed by atoms with Crippen LogP contribution in [0.2, 0.25) is 0 Å². The zero-order chi connectivity index (χ0) is 18.6. The van der Waals surface area contributed by atoms with Gasteiger partial charge in [0.05, 0.1) is 0 Å². The van der Waals surface area contributed by atoms with Crippen LogP contribution < -0.4 is 10.6 Å². The summed E-state index contributed by atoms with van der Waals surface area (Å²) in [6, 6.07) is 13.6. The Hall–Kier alpha value is -2.29. The zero-order valence-electron chi connectivity index (χ0n) is 14.1. The number of hydrogen-bond acceptors (Lipinski definition) is 4. The molecule has 8 heteroatoms. The van der Waals surface area contributed by atoms with Gasteiger partial charge in [0, 0.05) is 26.2 Å². The summed E-state index contributed by atoms with van der Waals surface area (Å²) in [7, 11) is -4.11. The van der Waals surface area contributed by atoms with Gasteiger partial charge in [0.1, 0.15) is 16.8 Å². The maximum atomic E-state index is 14.0. The van der Waals surface area contributed by atoms with Crippen LogP contribution >= 0.6 is 0 Å². The van der Waals surface area contributed by atoms with Gasteiger partial charge in [0.2, 0.25) is 15.9 Å². The maximum Gasteiger partial charge on any atom is 0.246 e. The van der Waals surface area contributed by atoms with Gasteiger partial charge in [-0.25, -0.2) is 12.8 Å². The van der Waals surface area contributed by atoms with Gasteiger partial charge in [0.25, 0.3) is 0 Å². The lowest BCUT2D eigenvalue weighted by atomic mass is 10.2. The van der Waals surface area contributed by atoms with Crippen molar-refractivity contribution in [1.82, 2.24) is 14.9 Å². The molecule has 2 N–H and O–H groups in total. The average molecular weight is 377 g/mol. The molecule has 26 heavy (non-hydrogen) atoms. The molecule has 0 bridgehead atoms. The van der Waals surface area contributed by atoms with Crippen LogP contribution in [-0.2, 0) is 21.4 Å². The number of halogens is 1. The van der Waals surface area contributed by atoms with Crippen molar-refractivity contribution in [3.8, 4) is 0 Å². The second-order valence-electron chi connectivity index (χ2n) is 5.97. The molecule has 1 atom stereocenters. The van der Waals surface area contributed by atoms with E-state index in [4.69, 9.17) is 0 Å². The Morgan fingerprint density at radius 1 is 1.15 bits per heavy atom. The first-order chi connectivity index (χ1) is 12.5. The van der Waals surface area contributed by atoms with Gasteiger partial charge in [0.15, 0.2) is 0 Å². The van der Waals surface area contributed by atoms with Crippen molar-refractivity contribution in [2.24, 2.45) is 0 Å². The minimum atomic E-state index is -4.11. The largest absolute Gasteiger partial charge is 0.351 e. The molecule has 1 aliphatic heterocycles. The van der Waals surface area contributed by atoms with Crippen molar-refractivity contribution in [2.45, 2.75) is 17.5 Å². The van der Waals surface area contributed by atoms with E-state index in [1.807, 2.05) is 30.3 Å². The van der Waals surface area contributed by atoms with E-state index in [0.29, 0.717) is 13.1 Å². The molecule has 0 radical (unpaired) electrons. The molecule has 0 aromatic heterocycles. The number of carbonyl (C=O) groups excluding carboxylic acids is 1. The van der Waals surface area contributed by atoms with Crippen LogP contribution in [0.15, 0.2) is 59.5 Å². The molecule has 6 nitrogen and oxygen atoms in total. The topological polar surface area (TPSA) is 78.5 Å². The molecule has 138 valence electrons. The number of piperazine rings is 1. The Morgan fingerprint density at radius 2 is 1.85 bits per heavy atom. The van der Waals surface area contributed by atoms with Crippen LogP contribution in [-0.4, -0.2) is 44.3 Å². The smallest absolute Gasteiger partial charge is 0.246 e. The van der Waals surface area contributed by atoms with Crippen molar-refractivity contribution < 1.29 is 17.6 Å². The SMILES string of the molecule is O=C(NCc1ccccc1)C1CNCCN1S(=O)(=O)c1ccccc1F. The van der Waals surface area contributed by atoms with Gasteiger partial charge in [-0.2, -0.15) is 4.31 Å². The summed E-state index contributed by atoms with van der Waals surface area (Å²) in [5.41, 5.74) is 0.910. The lowest BCUT2D eigenvalue weighted by Gasteiger charge is -2.34. The second kappa shape index (κ2) is 7.94. The highest BCUT2D eigenvalue weighted by Gasteiger charge is 2.38. The van der Waals surface area contributed by atoms with Crippen molar-refractivity contribution in [2.75, 3.05) is 19.6 Å². The monoisotopic (exact) mass is 377 g/mol. The van der Waals surface area contributed by atoms with Crippen LogP contribution in [0.4, 0.5) is 4.39 Å². The molecule has 3 rings (SSSR count). The van der Waals surface area contributed by atoms with Crippen LogP contribution in [0.25, 0.3) is 0 Å². The van der Waals surface area contributed by atoms with Crippen molar-refractivity contribution >= 4 is 15.9 Å². The summed E-state index contributed by atoms with van der Waals surface area (Å²) in [6.07, 6.45) is 0. The Morgan fingerprint density at radius 3 is 2.58 bits per heavy atom. The number of nitrogens with zero attached hydrogens (tertiary/aromatic N) is 1. The highest BCUT2D eigenvalue weighted by molar-refractivity contribution is 7.89.